The Bertz CT molecular complexity index is 647. The average Bonchev–Trinajstić information content (AvgIpc) is 2.55. The number of carbonyl (C=O) groups is 1. The highest BCUT2D eigenvalue weighted by Gasteiger charge is 2.09. The van der Waals surface area contributed by atoms with Crippen molar-refractivity contribution in [3.05, 3.63) is 58.9 Å². The second-order valence-electron chi connectivity index (χ2n) is 5.44. The molecule has 1 aromatic carbocycles. The molecule has 0 aliphatic carbocycles. The molecular formula is C18H21ClN2O2. The Balaban J connectivity index is 1.69. The normalized spacial score (nSPS) is 11.8. The molecule has 2 rings (SSSR count). The monoisotopic (exact) mass is 332 g/mol. The highest BCUT2D eigenvalue weighted by molar-refractivity contribution is 6.31. The molecule has 1 N–H and O–H groups in total. The molecular weight excluding hydrogens is 312 g/mol. The predicted molar refractivity (Wildman–Crippen MR) is 91.7 cm³/mol. The molecule has 0 saturated carbocycles. The van der Waals surface area contributed by atoms with Crippen molar-refractivity contribution in [2.45, 2.75) is 32.7 Å². The third-order valence-corrected chi connectivity index (χ3v) is 3.93. The molecule has 1 unspecified atom stereocenters. The maximum atomic E-state index is 11.9. The van der Waals surface area contributed by atoms with E-state index in [1.54, 1.807) is 12.4 Å². The van der Waals surface area contributed by atoms with Crippen molar-refractivity contribution in [3.63, 3.8) is 0 Å². The summed E-state index contributed by atoms with van der Waals surface area (Å²) < 4.78 is 5.63. The molecule has 2 aromatic rings. The van der Waals surface area contributed by atoms with Crippen molar-refractivity contribution < 1.29 is 9.53 Å². The second-order valence-corrected chi connectivity index (χ2v) is 5.85. The van der Waals surface area contributed by atoms with Gasteiger partial charge in [0.25, 0.3) is 0 Å². The van der Waals surface area contributed by atoms with Gasteiger partial charge in [0.2, 0.25) is 5.91 Å². The van der Waals surface area contributed by atoms with Crippen LogP contribution in [0.2, 0.25) is 5.02 Å². The van der Waals surface area contributed by atoms with E-state index in [2.05, 4.69) is 10.3 Å². The minimum absolute atomic E-state index is 0.0113. The number of aromatic nitrogens is 1. The molecule has 0 aliphatic rings. The van der Waals surface area contributed by atoms with Gasteiger partial charge >= 0.3 is 0 Å². The van der Waals surface area contributed by atoms with Crippen LogP contribution in [0.4, 0.5) is 0 Å². The number of hydrogen-bond donors (Lipinski definition) is 1. The van der Waals surface area contributed by atoms with E-state index in [0.717, 1.165) is 21.9 Å². The summed E-state index contributed by atoms with van der Waals surface area (Å²) in [4.78, 5) is 16.0. The molecule has 1 heterocycles. The Kier molecular flexibility index (Phi) is 6.41. The van der Waals surface area contributed by atoms with Crippen LogP contribution in [0.1, 0.15) is 36.9 Å². The fourth-order valence-electron chi connectivity index (χ4n) is 2.16. The van der Waals surface area contributed by atoms with E-state index in [9.17, 15) is 4.79 Å². The van der Waals surface area contributed by atoms with Crippen LogP contribution in [-0.2, 0) is 4.79 Å². The third kappa shape index (κ3) is 5.57. The number of pyridine rings is 1. The molecule has 0 radical (unpaired) electrons. The largest absolute Gasteiger partial charge is 0.494 e. The summed E-state index contributed by atoms with van der Waals surface area (Å²) in [7, 11) is 0. The van der Waals surface area contributed by atoms with Gasteiger partial charge in [-0.15, -0.1) is 0 Å². The molecule has 5 heteroatoms. The zero-order valence-corrected chi connectivity index (χ0v) is 14.1. The number of carbonyl (C=O) groups excluding carboxylic acids is 1. The summed E-state index contributed by atoms with van der Waals surface area (Å²) in [5.41, 5.74) is 1.97. The summed E-state index contributed by atoms with van der Waals surface area (Å²) in [5, 5.41) is 3.68. The maximum Gasteiger partial charge on any atom is 0.220 e. The Morgan fingerprint density at radius 1 is 1.39 bits per heavy atom. The molecule has 1 atom stereocenters. The number of halogens is 1. The molecule has 1 aromatic heterocycles. The van der Waals surface area contributed by atoms with Crippen molar-refractivity contribution >= 4 is 17.5 Å². The van der Waals surface area contributed by atoms with Crippen LogP contribution in [0, 0.1) is 6.92 Å². The third-order valence-electron chi connectivity index (χ3n) is 3.51. The van der Waals surface area contributed by atoms with Crippen LogP contribution in [0.3, 0.4) is 0 Å². The molecule has 1 amide bonds. The fraction of sp³-hybridized carbons (Fsp3) is 0.333. The number of hydrogen-bond acceptors (Lipinski definition) is 3. The number of nitrogens with one attached hydrogen (secondary N) is 1. The van der Waals surface area contributed by atoms with Crippen LogP contribution >= 0.6 is 11.6 Å². The zero-order chi connectivity index (χ0) is 16.7. The van der Waals surface area contributed by atoms with E-state index in [1.807, 2.05) is 44.2 Å². The van der Waals surface area contributed by atoms with E-state index in [1.165, 1.54) is 0 Å². The number of aryl methyl sites for hydroxylation is 1. The summed E-state index contributed by atoms with van der Waals surface area (Å²) in [6.45, 7) is 4.38. The van der Waals surface area contributed by atoms with Crippen LogP contribution < -0.4 is 10.1 Å². The minimum Gasteiger partial charge on any atom is -0.494 e. The first-order chi connectivity index (χ1) is 11.1. The SMILES string of the molecule is Cc1cc(OCCCC(=O)NC(C)c2cccnc2)ccc1Cl. The van der Waals surface area contributed by atoms with Crippen molar-refractivity contribution in [3.8, 4) is 5.75 Å². The Labute approximate surface area is 141 Å². The molecule has 4 nitrogen and oxygen atoms in total. The number of amides is 1. The highest BCUT2D eigenvalue weighted by Crippen LogP contribution is 2.21. The van der Waals surface area contributed by atoms with Crippen molar-refractivity contribution in [2.75, 3.05) is 6.61 Å². The average molecular weight is 333 g/mol. The molecule has 23 heavy (non-hydrogen) atoms. The Morgan fingerprint density at radius 3 is 2.91 bits per heavy atom. The zero-order valence-electron chi connectivity index (χ0n) is 13.4. The predicted octanol–water partition coefficient (Wildman–Crippen LogP) is 4.08. The van der Waals surface area contributed by atoms with Crippen molar-refractivity contribution in [2.24, 2.45) is 0 Å². The highest BCUT2D eigenvalue weighted by atomic mass is 35.5. The van der Waals surface area contributed by atoms with E-state index >= 15 is 0 Å². The van der Waals surface area contributed by atoms with Gasteiger partial charge in [-0.25, -0.2) is 0 Å². The van der Waals surface area contributed by atoms with Crippen molar-refractivity contribution in [1.29, 1.82) is 0 Å². The van der Waals surface area contributed by atoms with Crippen LogP contribution in [0.5, 0.6) is 5.75 Å². The van der Waals surface area contributed by atoms with Crippen molar-refractivity contribution in [1.82, 2.24) is 10.3 Å². The Hall–Kier alpha value is -2.07. The van der Waals surface area contributed by atoms with Crippen LogP contribution in [0.15, 0.2) is 42.7 Å². The topological polar surface area (TPSA) is 51.2 Å². The Morgan fingerprint density at radius 2 is 2.22 bits per heavy atom. The van der Waals surface area contributed by atoms with Gasteiger partial charge in [0.15, 0.2) is 0 Å². The first-order valence-electron chi connectivity index (χ1n) is 7.64. The van der Waals surface area contributed by atoms with Gasteiger partial charge in [0, 0.05) is 23.8 Å². The lowest BCUT2D eigenvalue weighted by atomic mass is 10.1. The lowest BCUT2D eigenvalue weighted by Crippen LogP contribution is -2.26. The first-order valence-corrected chi connectivity index (χ1v) is 8.02. The van der Waals surface area contributed by atoms with Gasteiger partial charge in [-0.1, -0.05) is 17.7 Å². The summed E-state index contributed by atoms with van der Waals surface area (Å²) >= 11 is 5.97. The minimum atomic E-state index is -0.0453. The molecule has 0 saturated heterocycles. The van der Waals surface area contributed by atoms with E-state index in [-0.39, 0.29) is 11.9 Å². The molecule has 0 spiro atoms. The van der Waals surface area contributed by atoms with E-state index in [4.69, 9.17) is 16.3 Å². The standard InChI is InChI=1S/C18H21ClN2O2/c1-13-11-16(7-8-17(13)19)23-10-4-6-18(22)21-14(2)15-5-3-9-20-12-15/h3,5,7-9,11-12,14H,4,6,10H2,1-2H3,(H,21,22). The van der Waals surface area contributed by atoms with Gasteiger partial charge in [0.1, 0.15) is 5.75 Å². The maximum absolute atomic E-state index is 11.9. The first kappa shape index (κ1) is 17.3. The van der Waals surface area contributed by atoms with Gasteiger partial charge in [-0.05, 0) is 55.7 Å². The molecule has 0 fully saturated rings. The second kappa shape index (κ2) is 8.53. The smallest absolute Gasteiger partial charge is 0.220 e. The quantitative estimate of drug-likeness (QED) is 0.777. The number of nitrogens with zero attached hydrogens (tertiary/aromatic N) is 1. The summed E-state index contributed by atoms with van der Waals surface area (Å²) in [6.07, 6.45) is 4.56. The lowest BCUT2D eigenvalue weighted by molar-refractivity contribution is -0.121. The van der Waals surface area contributed by atoms with E-state index < -0.39 is 0 Å². The summed E-state index contributed by atoms with van der Waals surface area (Å²) in [5.74, 6) is 0.785. The van der Waals surface area contributed by atoms with E-state index in [0.29, 0.717) is 19.4 Å². The lowest BCUT2D eigenvalue weighted by Gasteiger charge is -2.14. The van der Waals surface area contributed by atoms with Crippen LogP contribution in [-0.4, -0.2) is 17.5 Å². The van der Waals surface area contributed by atoms with Gasteiger partial charge in [-0.3, -0.25) is 9.78 Å². The van der Waals surface area contributed by atoms with Gasteiger partial charge in [0.05, 0.1) is 12.6 Å². The van der Waals surface area contributed by atoms with Gasteiger partial charge in [-0.2, -0.15) is 0 Å². The molecule has 0 aliphatic heterocycles. The van der Waals surface area contributed by atoms with Crippen LogP contribution in [0.25, 0.3) is 0 Å². The number of ether oxygens (including phenoxy) is 1. The summed E-state index contributed by atoms with van der Waals surface area (Å²) in [6, 6.07) is 9.31. The van der Waals surface area contributed by atoms with Gasteiger partial charge < -0.3 is 10.1 Å². The fourth-order valence-corrected chi connectivity index (χ4v) is 2.28. The molecule has 122 valence electrons. The number of rotatable bonds is 7. The number of benzene rings is 1. The molecule has 0 bridgehead atoms.